The van der Waals surface area contributed by atoms with Crippen LogP contribution in [0.2, 0.25) is 0 Å². The van der Waals surface area contributed by atoms with E-state index in [2.05, 4.69) is 5.32 Å². The van der Waals surface area contributed by atoms with Crippen LogP contribution in [0.1, 0.15) is 18.9 Å². The fourth-order valence-corrected chi connectivity index (χ4v) is 2.21. The minimum Gasteiger partial charge on any atom is -0.389 e. The highest BCUT2D eigenvalue weighted by Gasteiger charge is 2.36. The van der Waals surface area contributed by atoms with Gasteiger partial charge in [-0.3, -0.25) is 19.3 Å². The molecule has 1 aromatic rings. The molecule has 3 N–H and O–H groups in total. The fourth-order valence-electron chi connectivity index (χ4n) is 2.08. The van der Waals surface area contributed by atoms with E-state index < -0.39 is 5.91 Å². The predicted octanol–water partition coefficient (Wildman–Crippen LogP) is 0.654. The Kier molecular flexibility index (Phi) is 4.32. The zero-order valence-corrected chi connectivity index (χ0v) is 12.3. The Bertz CT molecular complexity index is 612. The fraction of sp³-hybridized carbons (Fsp3) is 0.286. The molecule has 0 spiro atoms. The number of anilines is 1. The molecule has 7 heteroatoms. The lowest BCUT2D eigenvalue weighted by atomic mass is 10.1. The molecule has 110 valence electrons. The molecule has 0 saturated carbocycles. The molecule has 3 amide bonds. The molecule has 1 heterocycles. The van der Waals surface area contributed by atoms with Gasteiger partial charge in [0.15, 0.2) is 0 Å². The van der Waals surface area contributed by atoms with Crippen LogP contribution in [0, 0.1) is 5.92 Å². The lowest BCUT2D eigenvalue weighted by Gasteiger charge is -2.14. The number of imide groups is 1. The second-order valence-electron chi connectivity index (χ2n) is 4.91. The Morgan fingerprint density at radius 1 is 1.38 bits per heavy atom. The van der Waals surface area contributed by atoms with E-state index in [1.165, 1.54) is 0 Å². The molecule has 1 atom stereocenters. The van der Waals surface area contributed by atoms with Crippen LogP contribution in [0.4, 0.5) is 5.69 Å². The first kappa shape index (κ1) is 15.1. The highest BCUT2D eigenvalue weighted by atomic mass is 32.1. The van der Waals surface area contributed by atoms with Crippen molar-refractivity contribution in [3.63, 3.8) is 0 Å². The van der Waals surface area contributed by atoms with Crippen LogP contribution >= 0.6 is 12.2 Å². The van der Waals surface area contributed by atoms with E-state index in [-0.39, 0.29) is 35.7 Å². The normalized spacial score (nSPS) is 18.0. The minimum atomic E-state index is -0.422. The summed E-state index contributed by atoms with van der Waals surface area (Å²) in [5.74, 6) is -1.39. The molecule has 1 aromatic carbocycles. The van der Waals surface area contributed by atoms with E-state index in [0.29, 0.717) is 11.3 Å². The molecule has 1 aliphatic heterocycles. The summed E-state index contributed by atoms with van der Waals surface area (Å²) in [5, 5.41) is 2.62. The number of thiocarbonyl (C=S) groups is 1. The van der Waals surface area contributed by atoms with Crippen LogP contribution in [0.5, 0.6) is 0 Å². The van der Waals surface area contributed by atoms with Crippen molar-refractivity contribution >= 4 is 40.6 Å². The van der Waals surface area contributed by atoms with Gasteiger partial charge in [0.25, 0.3) is 0 Å². The number of hydrogen-bond acceptors (Lipinski definition) is 4. The number of nitrogens with two attached hydrogens (primary N) is 1. The molecule has 1 unspecified atom stereocenters. The van der Waals surface area contributed by atoms with Crippen molar-refractivity contribution in [3.8, 4) is 0 Å². The Labute approximate surface area is 127 Å². The average Bonchev–Trinajstić information content (AvgIpc) is 2.66. The molecule has 0 aromatic heterocycles. The third-order valence-electron chi connectivity index (χ3n) is 3.22. The molecule has 0 bridgehead atoms. The SMILES string of the molecule is CC1CC(=O)N(CC(=O)Nc2ccc(C(N)=S)cc2)C1=O. The number of likely N-dealkylation sites (tertiary alicyclic amines) is 1. The maximum Gasteiger partial charge on any atom is 0.244 e. The number of carbonyl (C=O) groups excluding carboxylic acids is 3. The van der Waals surface area contributed by atoms with E-state index in [4.69, 9.17) is 18.0 Å². The number of nitrogens with zero attached hydrogens (tertiary/aromatic N) is 1. The van der Waals surface area contributed by atoms with Crippen molar-refractivity contribution in [2.24, 2.45) is 11.7 Å². The molecule has 2 rings (SSSR count). The van der Waals surface area contributed by atoms with Crippen LogP contribution in [0.3, 0.4) is 0 Å². The summed E-state index contributed by atoms with van der Waals surface area (Å²) in [5.41, 5.74) is 6.72. The largest absolute Gasteiger partial charge is 0.389 e. The van der Waals surface area contributed by atoms with Gasteiger partial charge in [-0.25, -0.2) is 0 Å². The van der Waals surface area contributed by atoms with Crippen molar-refractivity contribution in [3.05, 3.63) is 29.8 Å². The Morgan fingerprint density at radius 2 is 2.00 bits per heavy atom. The molecule has 6 nitrogen and oxygen atoms in total. The monoisotopic (exact) mass is 305 g/mol. The average molecular weight is 305 g/mol. The third kappa shape index (κ3) is 3.43. The van der Waals surface area contributed by atoms with Crippen molar-refractivity contribution < 1.29 is 14.4 Å². The van der Waals surface area contributed by atoms with E-state index >= 15 is 0 Å². The second-order valence-corrected chi connectivity index (χ2v) is 5.35. The second kappa shape index (κ2) is 6.01. The zero-order chi connectivity index (χ0) is 15.6. The molecule has 1 aliphatic rings. The molecule has 0 radical (unpaired) electrons. The number of hydrogen-bond donors (Lipinski definition) is 2. The Hall–Kier alpha value is -2.28. The van der Waals surface area contributed by atoms with E-state index in [9.17, 15) is 14.4 Å². The maximum atomic E-state index is 11.9. The third-order valence-corrected chi connectivity index (χ3v) is 3.46. The topological polar surface area (TPSA) is 92.5 Å². The van der Waals surface area contributed by atoms with E-state index in [1.807, 2.05) is 0 Å². The first-order valence-electron chi connectivity index (χ1n) is 6.42. The zero-order valence-electron chi connectivity index (χ0n) is 11.5. The van der Waals surface area contributed by atoms with E-state index in [0.717, 1.165) is 4.90 Å². The first-order chi connectivity index (χ1) is 9.88. The smallest absolute Gasteiger partial charge is 0.244 e. The highest BCUT2D eigenvalue weighted by molar-refractivity contribution is 7.80. The lowest BCUT2D eigenvalue weighted by molar-refractivity contribution is -0.142. The molecule has 1 fully saturated rings. The maximum absolute atomic E-state index is 11.9. The van der Waals surface area contributed by atoms with Crippen molar-refractivity contribution in [1.82, 2.24) is 4.90 Å². The lowest BCUT2D eigenvalue weighted by Crippen LogP contribution is -2.37. The predicted molar refractivity (Wildman–Crippen MR) is 81.5 cm³/mol. The van der Waals surface area contributed by atoms with Gasteiger partial charge in [-0.15, -0.1) is 0 Å². The molecule has 1 saturated heterocycles. The van der Waals surface area contributed by atoms with Crippen molar-refractivity contribution in [1.29, 1.82) is 0 Å². The number of benzene rings is 1. The van der Waals surface area contributed by atoms with Crippen molar-refractivity contribution in [2.45, 2.75) is 13.3 Å². The number of amides is 3. The van der Waals surface area contributed by atoms with Gasteiger partial charge in [0.2, 0.25) is 17.7 Å². The van der Waals surface area contributed by atoms with Crippen LogP contribution in [0.15, 0.2) is 24.3 Å². The van der Waals surface area contributed by atoms with E-state index in [1.54, 1.807) is 31.2 Å². The van der Waals surface area contributed by atoms with Gasteiger partial charge >= 0.3 is 0 Å². The van der Waals surface area contributed by atoms with Crippen LogP contribution in [-0.4, -0.2) is 34.2 Å². The number of carbonyl (C=O) groups is 3. The molecular weight excluding hydrogens is 290 g/mol. The molecule has 21 heavy (non-hydrogen) atoms. The molecule has 0 aliphatic carbocycles. The number of rotatable bonds is 4. The van der Waals surface area contributed by atoms with Crippen LogP contribution in [-0.2, 0) is 14.4 Å². The van der Waals surface area contributed by atoms with Gasteiger partial charge in [-0.1, -0.05) is 19.1 Å². The van der Waals surface area contributed by atoms with Gasteiger partial charge in [0.05, 0.1) is 0 Å². The standard InChI is InChI=1S/C14H15N3O3S/c1-8-6-12(19)17(14(8)20)7-11(18)16-10-4-2-9(3-5-10)13(15)21/h2-5,8H,6-7H2,1H3,(H2,15,21)(H,16,18). The summed E-state index contributed by atoms with van der Waals surface area (Å²) in [6, 6.07) is 6.68. The van der Waals surface area contributed by atoms with Crippen LogP contribution < -0.4 is 11.1 Å². The Balaban J connectivity index is 1.97. The van der Waals surface area contributed by atoms with Gasteiger partial charge in [0, 0.05) is 23.6 Å². The van der Waals surface area contributed by atoms with Gasteiger partial charge in [-0.2, -0.15) is 0 Å². The summed E-state index contributed by atoms with van der Waals surface area (Å²) < 4.78 is 0. The van der Waals surface area contributed by atoms with Gasteiger partial charge in [0.1, 0.15) is 11.5 Å². The van der Waals surface area contributed by atoms with Gasteiger partial charge < -0.3 is 11.1 Å². The first-order valence-corrected chi connectivity index (χ1v) is 6.83. The highest BCUT2D eigenvalue weighted by Crippen LogP contribution is 2.18. The van der Waals surface area contributed by atoms with Crippen LogP contribution in [0.25, 0.3) is 0 Å². The summed E-state index contributed by atoms with van der Waals surface area (Å²) in [7, 11) is 0. The quantitative estimate of drug-likeness (QED) is 0.629. The Morgan fingerprint density at radius 3 is 2.48 bits per heavy atom. The minimum absolute atomic E-state index is 0.161. The molecular formula is C14H15N3O3S. The summed E-state index contributed by atoms with van der Waals surface area (Å²) in [4.78, 5) is 36.5. The van der Waals surface area contributed by atoms with Gasteiger partial charge in [-0.05, 0) is 24.3 Å². The summed E-state index contributed by atoms with van der Waals surface area (Å²) in [6.07, 6.45) is 0.161. The number of nitrogens with one attached hydrogen (secondary N) is 1. The van der Waals surface area contributed by atoms with Crippen molar-refractivity contribution in [2.75, 3.05) is 11.9 Å². The summed E-state index contributed by atoms with van der Waals surface area (Å²) >= 11 is 4.83. The summed E-state index contributed by atoms with van der Waals surface area (Å²) in [6.45, 7) is 1.41.